The Hall–Kier alpha value is -2.23. The van der Waals surface area contributed by atoms with Crippen molar-refractivity contribution in [2.24, 2.45) is 0 Å². The summed E-state index contributed by atoms with van der Waals surface area (Å²) in [5.74, 6) is 1.66. The third-order valence-corrected chi connectivity index (χ3v) is 2.81. The Morgan fingerprint density at radius 1 is 1.21 bits per heavy atom. The molecule has 1 heterocycles. The monoisotopic (exact) mass is 257 g/mol. The summed E-state index contributed by atoms with van der Waals surface area (Å²) in [5.41, 5.74) is 7.65. The highest BCUT2D eigenvalue weighted by molar-refractivity contribution is 5.52. The maximum absolute atomic E-state index is 5.69. The molecule has 0 unspecified atom stereocenters. The van der Waals surface area contributed by atoms with Crippen molar-refractivity contribution < 1.29 is 4.74 Å². The molecule has 0 atom stereocenters. The number of ether oxygens (including phenoxy) is 1. The number of anilines is 2. The normalized spacial score (nSPS) is 10.2. The summed E-state index contributed by atoms with van der Waals surface area (Å²) >= 11 is 0. The van der Waals surface area contributed by atoms with Crippen molar-refractivity contribution in [2.75, 3.05) is 24.3 Å². The summed E-state index contributed by atoms with van der Waals surface area (Å²) in [5, 5.41) is 0. The van der Waals surface area contributed by atoms with Crippen molar-refractivity contribution in [3.8, 4) is 5.75 Å². The van der Waals surface area contributed by atoms with Gasteiger partial charge in [-0.25, -0.2) is 4.98 Å². The minimum absolute atomic E-state index is 0.633. The van der Waals surface area contributed by atoms with Gasteiger partial charge in [-0.1, -0.05) is 12.1 Å². The Bertz CT molecular complexity index is 525. The van der Waals surface area contributed by atoms with Gasteiger partial charge in [-0.15, -0.1) is 0 Å². The first kappa shape index (κ1) is 13.2. The molecule has 1 aromatic heterocycles. The largest absolute Gasteiger partial charge is 0.490 e. The average Bonchev–Trinajstić information content (AvgIpc) is 2.42. The lowest BCUT2D eigenvalue weighted by atomic mass is 10.2. The van der Waals surface area contributed by atoms with E-state index in [1.54, 1.807) is 6.20 Å². The molecule has 0 aliphatic heterocycles. The minimum atomic E-state index is 0.633. The van der Waals surface area contributed by atoms with Crippen LogP contribution in [0.2, 0.25) is 0 Å². The van der Waals surface area contributed by atoms with Gasteiger partial charge in [0.1, 0.15) is 0 Å². The van der Waals surface area contributed by atoms with Gasteiger partial charge >= 0.3 is 0 Å². The van der Waals surface area contributed by atoms with Crippen molar-refractivity contribution >= 4 is 11.5 Å². The highest BCUT2D eigenvalue weighted by Gasteiger charge is 2.09. The number of nitrogens with zero attached hydrogens (tertiary/aromatic N) is 2. The van der Waals surface area contributed by atoms with E-state index in [0.29, 0.717) is 6.61 Å². The predicted molar refractivity (Wildman–Crippen MR) is 78.4 cm³/mol. The number of pyridine rings is 1. The van der Waals surface area contributed by atoms with Gasteiger partial charge in [0.05, 0.1) is 6.61 Å². The van der Waals surface area contributed by atoms with Crippen LogP contribution in [0, 0.1) is 0 Å². The lowest BCUT2D eigenvalue weighted by molar-refractivity contribution is 0.339. The number of benzene rings is 1. The molecule has 0 fully saturated rings. The van der Waals surface area contributed by atoms with Gasteiger partial charge < -0.3 is 15.4 Å². The van der Waals surface area contributed by atoms with E-state index in [9.17, 15) is 0 Å². The topological polar surface area (TPSA) is 51.4 Å². The third-order valence-electron chi connectivity index (χ3n) is 2.81. The van der Waals surface area contributed by atoms with Crippen LogP contribution >= 0.6 is 0 Å². The number of nitrogen functional groups attached to an aromatic ring is 1. The number of rotatable bonds is 5. The Balaban J connectivity index is 2.15. The van der Waals surface area contributed by atoms with Crippen LogP contribution < -0.4 is 15.4 Å². The van der Waals surface area contributed by atoms with Gasteiger partial charge in [0.15, 0.2) is 11.6 Å². The van der Waals surface area contributed by atoms with Gasteiger partial charge in [-0.3, -0.25) is 0 Å². The van der Waals surface area contributed by atoms with Crippen LogP contribution in [0.1, 0.15) is 12.5 Å². The Morgan fingerprint density at radius 3 is 2.63 bits per heavy atom. The number of nitrogens with two attached hydrogens (primary N) is 1. The fraction of sp³-hybridized carbons (Fsp3) is 0.267. The second-order valence-corrected chi connectivity index (χ2v) is 4.36. The van der Waals surface area contributed by atoms with Crippen LogP contribution in [0.5, 0.6) is 5.75 Å². The first-order valence-corrected chi connectivity index (χ1v) is 6.34. The zero-order valence-electron chi connectivity index (χ0n) is 11.3. The van der Waals surface area contributed by atoms with E-state index in [1.165, 1.54) is 5.56 Å². The smallest absolute Gasteiger partial charge is 0.171 e. The first-order valence-electron chi connectivity index (χ1n) is 6.34. The predicted octanol–water partition coefficient (Wildman–Crippen LogP) is 2.70. The van der Waals surface area contributed by atoms with Crippen molar-refractivity contribution in [3.63, 3.8) is 0 Å². The lowest BCUT2D eigenvalue weighted by Crippen LogP contribution is -2.18. The van der Waals surface area contributed by atoms with Crippen LogP contribution in [0.15, 0.2) is 42.6 Å². The molecule has 0 saturated heterocycles. The molecule has 4 heteroatoms. The standard InChI is InChI=1S/C15H19N3O/c1-3-19-14-5-4-10-17-15(14)18(2)11-12-6-8-13(16)9-7-12/h4-10H,3,11,16H2,1-2H3. The average molecular weight is 257 g/mol. The Kier molecular flexibility index (Phi) is 4.23. The Morgan fingerprint density at radius 2 is 1.95 bits per heavy atom. The van der Waals surface area contributed by atoms with Gasteiger partial charge in [-0.2, -0.15) is 0 Å². The zero-order chi connectivity index (χ0) is 13.7. The summed E-state index contributed by atoms with van der Waals surface area (Å²) < 4.78 is 5.59. The second-order valence-electron chi connectivity index (χ2n) is 4.36. The summed E-state index contributed by atoms with van der Waals surface area (Å²) in [6, 6.07) is 11.7. The van der Waals surface area contributed by atoms with Crippen LogP contribution in [0.4, 0.5) is 11.5 Å². The molecule has 0 amide bonds. The quantitative estimate of drug-likeness (QED) is 0.837. The van der Waals surface area contributed by atoms with E-state index in [4.69, 9.17) is 10.5 Å². The lowest BCUT2D eigenvalue weighted by Gasteiger charge is -2.20. The molecular weight excluding hydrogens is 238 g/mol. The summed E-state index contributed by atoms with van der Waals surface area (Å²) in [7, 11) is 2.00. The van der Waals surface area contributed by atoms with E-state index >= 15 is 0 Å². The molecule has 19 heavy (non-hydrogen) atoms. The molecule has 0 radical (unpaired) electrons. The molecule has 1 aromatic carbocycles. The van der Waals surface area contributed by atoms with Crippen molar-refractivity contribution in [1.82, 2.24) is 4.98 Å². The fourth-order valence-corrected chi connectivity index (χ4v) is 1.91. The maximum atomic E-state index is 5.69. The molecule has 100 valence electrons. The van der Waals surface area contributed by atoms with E-state index in [1.807, 2.05) is 50.4 Å². The van der Waals surface area contributed by atoms with Gasteiger partial charge in [-0.05, 0) is 36.8 Å². The molecule has 2 rings (SSSR count). The molecule has 0 saturated carbocycles. The van der Waals surface area contributed by atoms with Crippen molar-refractivity contribution in [3.05, 3.63) is 48.2 Å². The maximum Gasteiger partial charge on any atom is 0.171 e. The van der Waals surface area contributed by atoms with Crippen LogP contribution in [-0.4, -0.2) is 18.6 Å². The van der Waals surface area contributed by atoms with Crippen LogP contribution in [0.25, 0.3) is 0 Å². The van der Waals surface area contributed by atoms with Gasteiger partial charge in [0.2, 0.25) is 0 Å². The molecular formula is C15H19N3O. The number of hydrogen-bond acceptors (Lipinski definition) is 4. The molecule has 2 N–H and O–H groups in total. The van der Waals surface area contributed by atoms with Gasteiger partial charge in [0.25, 0.3) is 0 Å². The van der Waals surface area contributed by atoms with E-state index in [0.717, 1.165) is 23.8 Å². The number of hydrogen-bond donors (Lipinski definition) is 1. The van der Waals surface area contributed by atoms with Gasteiger partial charge in [0, 0.05) is 25.5 Å². The number of aromatic nitrogens is 1. The van der Waals surface area contributed by atoms with E-state index < -0.39 is 0 Å². The molecule has 2 aromatic rings. The summed E-state index contributed by atoms with van der Waals surface area (Å²) in [6.45, 7) is 3.36. The third kappa shape index (κ3) is 3.37. The molecule has 0 bridgehead atoms. The summed E-state index contributed by atoms with van der Waals surface area (Å²) in [4.78, 5) is 6.45. The van der Waals surface area contributed by atoms with Crippen LogP contribution in [-0.2, 0) is 6.54 Å². The van der Waals surface area contributed by atoms with Crippen molar-refractivity contribution in [1.29, 1.82) is 0 Å². The molecule has 0 aliphatic carbocycles. The van der Waals surface area contributed by atoms with Crippen LogP contribution in [0.3, 0.4) is 0 Å². The second kappa shape index (κ2) is 6.09. The fourth-order valence-electron chi connectivity index (χ4n) is 1.91. The zero-order valence-corrected chi connectivity index (χ0v) is 11.3. The minimum Gasteiger partial charge on any atom is -0.490 e. The van der Waals surface area contributed by atoms with Crippen molar-refractivity contribution in [2.45, 2.75) is 13.5 Å². The highest BCUT2D eigenvalue weighted by atomic mass is 16.5. The van der Waals surface area contributed by atoms with E-state index in [-0.39, 0.29) is 0 Å². The van der Waals surface area contributed by atoms with E-state index in [2.05, 4.69) is 9.88 Å². The molecule has 0 aliphatic rings. The molecule has 4 nitrogen and oxygen atoms in total. The first-order chi connectivity index (χ1) is 9.20. The highest BCUT2D eigenvalue weighted by Crippen LogP contribution is 2.25. The molecule has 0 spiro atoms. The Labute approximate surface area is 113 Å². The SMILES string of the molecule is CCOc1cccnc1N(C)Cc1ccc(N)cc1. The summed E-state index contributed by atoms with van der Waals surface area (Å²) in [6.07, 6.45) is 1.78.